The summed E-state index contributed by atoms with van der Waals surface area (Å²) in [6, 6.07) is 0. The molecule has 1 aliphatic carbocycles. The van der Waals surface area contributed by atoms with Crippen LogP contribution in [0.15, 0.2) is 41.3 Å². The van der Waals surface area contributed by atoms with E-state index in [-0.39, 0.29) is 0 Å². The lowest BCUT2D eigenvalue weighted by molar-refractivity contribution is -0.131. The van der Waals surface area contributed by atoms with Crippen molar-refractivity contribution in [1.29, 1.82) is 0 Å². The number of alkyl halides is 1. The van der Waals surface area contributed by atoms with Crippen molar-refractivity contribution >= 4 is 34.5 Å². The molecule has 92 valence electrons. The largest absolute Gasteiger partial charge is 0.286 e. The third kappa shape index (κ3) is 2.83. The van der Waals surface area contributed by atoms with Gasteiger partial charge < -0.3 is 0 Å². The fourth-order valence-electron chi connectivity index (χ4n) is 1.50. The van der Waals surface area contributed by atoms with Crippen LogP contribution >= 0.6 is 22.9 Å². The molecule has 0 amide bonds. The van der Waals surface area contributed by atoms with E-state index >= 15 is 0 Å². The first-order valence-electron chi connectivity index (χ1n) is 5.25. The number of allylic oxidation sites excluding steroid dienone is 5. The highest BCUT2D eigenvalue weighted by atomic mass is 35.5. The fourth-order valence-corrected chi connectivity index (χ4v) is 2.57. The van der Waals surface area contributed by atoms with E-state index in [0.29, 0.717) is 17.9 Å². The van der Waals surface area contributed by atoms with E-state index < -0.39 is 11.6 Å². The Balaban J connectivity index is 2.09. The molecule has 0 fully saturated rings. The SMILES string of the molecule is C=C(Cc1nc(CCl)cs1)C1=CC(=O)C(=O)C=C1. The molecule has 0 aromatic carbocycles. The number of nitrogens with zero attached hydrogens (tertiary/aromatic N) is 1. The molecule has 0 aliphatic heterocycles. The average Bonchev–Trinajstić information content (AvgIpc) is 2.80. The van der Waals surface area contributed by atoms with Gasteiger partial charge in [0.15, 0.2) is 0 Å². The zero-order valence-corrected chi connectivity index (χ0v) is 11.1. The van der Waals surface area contributed by atoms with Crippen LogP contribution in [-0.2, 0) is 21.9 Å². The maximum Gasteiger partial charge on any atom is 0.226 e. The van der Waals surface area contributed by atoms with Crippen LogP contribution in [0.3, 0.4) is 0 Å². The van der Waals surface area contributed by atoms with Gasteiger partial charge in [0.05, 0.1) is 16.6 Å². The van der Waals surface area contributed by atoms with Crippen molar-refractivity contribution in [3.8, 4) is 0 Å². The van der Waals surface area contributed by atoms with Crippen molar-refractivity contribution < 1.29 is 9.59 Å². The molecule has 1 heterocycles. The van der Waals surface area contributed by atoms with Gasteiger partial charge >= 0.3 is 0 Å². The molecule has 5 heteroatoms. The van der Waals surface area contributed by atoms with E-state index in [1.807, 2.05) is 5.38 Å². The third-order valence-corrected chi connectivity index (χ3v) is 3.62. The maximum atomic E-state index is 11.3. The van der Waals surface area contributed by atoms with Crippen LogP contribution in [0.4, 0.5) is 0 Å². The summed E-state index contributed by atoms with van der Waals surface area (Å²) in [5.41, 5.74) is 2.29. The quantitative estimate of drug-likeness (QED) is 0.483. The lowest BCUT2D eigenvalue weighted by atomic mass is 9.97. The van der Waals surface area contributed by atoms with Crippen molar-refractivity contribution in [2.45, 2.75) is 12.3 Å². The van der Waals surface area contributed by atoms with Gasteiger partial charge in [-0.3, -0.25) is 9.59 Å². The summed E-state index contributed by atoms with van der Waals surface area (Å²) in [4.78, 5) is 26.6. The van der Waals surface area contributed by atoms with Crippen LogP contribution in [0, 0.1) is 0 Å². The number of halogens is 1. The molecule has 1 aromatic heterocycles. The minimum Gasteiger partial charge on any atom is -0.286 e. The highest BCUT2D eigenvalue weighted by Crippen LogP contribution is 2.21. The molecule has 3 nitrogen and oxygen atoms in total. The summed E-state index contributed by atoms with van der Waals surface area (Å²) in [7, 11) is 0. The Labute approximate surface area is 113 Å². The molecule has 18 heavy (non-hydrogen) atoms. The molecule has 0 saturated carbocycles. The van der Waals surface area contributed by atoms with Gasteiger partial charge in [-0.2, -0.15) is 0 Å². The predicted molar refractivity (Wildman–Crippen MR) is 71.8 cm³/mol. The second-order valence-electron chi connectivity index (χ2n) is 3.81. The second-order valence-corrected chi connectivity index (χ2v) is 5.02. The van der Waals surface area contributed by atoms with Gasteiger partial charge in [-0.15, -0.1) is 22.9 Å². The third-order valence-electron chi connectivity index (χ3n) is 2.45. The van der Waals surface area contributed by atoms with E-state index in [9.17, 15) is 9.59 Å². The lowest BCUT2D eigenvalue weighted by Gasteiger charge is -2.07. The van der Waals surface area contributed by atoms with E-state index in [0.717, 1.165) is 16.3 Å². The minimum absolute atomic E-state index is 0.387. The van der Waals surface area contributed by atoms with Gasteiger partial charge in [0.1, 0.15) is 0 Å². The van der Waals surface area contributed by atoms with Crippen LogP contribution in [0.5, 0.6) is 0 Å². The summed E-state index contributed by atoms with van der Waals surface area (Å²) in [5.74, 6) is -0.613. The number of ketones is 2. The van der Waals surface area contributed by atoms with Crippen molar-refractivity contribution in [3.63, 3.8) is 0 Å². The van der Waals surface area contributed by atoms with Gasteiger partial charge in [0.25, 0.3) is 0 Å². The van der Waals surface area contributed by atoms with Gasteiger partial charge in [-0.25, -0.2) is 4.98 Å². The standard InChI is InChI=1S/C13H10ClNO2S/c1-8(4-13-15-10(6-14)7-18-13)9-2-3-11(16)12(17)5-9/h2-3,5,7H,1,4,6H2. The van der Waals surface area contributed by atoms with Crippen LogP contribution < -0.4 is 0 Å². The van der Waals surface area contributed by atoms with Crippen LogP contribution in [0.2, 0.25) is 0 Å². The first-order chi connectivity index (χ1) is 8.60. The van der Waals surface area contributed by atoms with Crippen molar-refractivity contribution in [1.82, 2.24) is 4.98 Å². The van der Waals surface area contributed by atoms with Gasteiger partial charge in [0, 0.05) is 11.8 Å². The maximum absolute atomic E-state index is 11.3. The van der Waals surface area contributed by atoms with Gasteiger partial charge in [-0.05, 0) is 23.3 Å². The molecule has 0 spiro atoms. The number of aromatic nitrogens is 1. The molecule has 0 atom stereocenters. The second kappa shape index (κ2) is 5.42. The number of carbonyl (C=O) groups excluding carboxylic acids is 2. The highest BCUT2D eigenvalue weighted by molar-refractivity contribution is 7.09. The molecule has 1 aliphatic rings. The van der Waals surface area contributed by atoms with E-state index in [1.165, 1.54) is 23.5 Å². The van der Waals surface area contributed by atoms with Crippen molar-refractivity contribution in [2.24, 2.45) is 0 Å². The molecule has 2 rings (SSSR count). The minimum atomic E-state index is -0.505. The van der Waals surface area contributed by atoms with Crippen molar-refractivity contribution in [2.75, 3.05) is 0 Å². The fraction of sp³-hybridized carbons (Fsp3) is 0.154. The molecule has 0 N–H and O–H groups in total. The summed E-state index contributed by atoms with van der Waals surface area (Å²) >= 11 is 7.19. The van der Waals surface area contributed by atoms with E-state index in [2.05, 4.69) is 11.6 Å². The van der Waals surface area contributed by atoms with Crippen molar-refractivity contribution in [3.05, 3.63) is 52.0 Å². The number of thiazole rings is 1. The highest BCUT2D eigenvalue weighted by Gasteiger charge is 2.15. The summed E-state index contributed by atoms with van der Waals surface area (Å²) in [5, 5.41) is 2.80. The first kappa shape index (κ1) is 12.9. The summed E-state index contributed by atoms with van der Waals surface area (Å²) in [6.45, 7) is 3.92. The predicted octanol–water partition coefficient (Wildman–Crippen LogP) is 2.62. The van der Waals surface area contributed by atoms with Crippen LogP contribution in [-0.4, -0.2) is 16.6 Å². The number of rotatable bonds is 4. The van der Waals surface area contributed by atoms with E-state index in [4.69, 9.17) is 11.6 Å². The molecule has 0 unspecified atom stereocenters. The summed E-state index contributed by atoms with van der Waals surface area (Å²) < 4.78 is 0. The lowest BCUT2D eigenvalue weighted by Crippen LogP contribution is -2.12. The Morgan fingerprint density at radius 3 is 2.72 bits per heavy atom. The Kier molecular flexibility index (Phi) is 3.89. The first-order valence-corrected chi connectivity index (χ1v) is 6.67. The zero-order valence-electron chi connectivity index (χ0n) is 9.48. The normalized spacial score (nSPS) is 14.8. The van der Waals surface area contributed by atoms with Crippen LogP contribution in [0.25, 0.3) is 0 Å². The van der Waals surface area contributed by atoms with E-state index in [1.54, 1.807) is 6.08 Å². The number of hydrogen-bond acceptors (Lipinski definition) is 4. The Bertz CT molecular complexity index is 584. The monoisotopic (exact) mass is 279 g/mol. The molecular formula is C13H10ClNO2S. The topological polar surface area (TPSA) is 47.0 Å². The summed E-state index contributed by atoms with van der Waals surface area (Å²) in [6.07, 6.45) is 4.76. The number of hydrogen-bond donors (Lipinski definition) is 0. The Morgan fingerprint density at radius 1 is 1.33 bits per heavy atom. The molecule has 0 bridgehead atoms. The molecule has 0 radical (unpaired) electrons. The zero-order chi connectivity index (χ0) is 13.1. The Morgan fingerprint density at radius 2 is 2.11 bits per heavy atom. The van der Waals surface area contributed by atoms with Gasteiger partial charge in [-0.1, -0.05) is 12.7 Å². The van der Waals surface area contributed by atoms with Gasteiger partial charge in [0.2, 0.25) is 11.6 Å². The molecule has 0 saturated heterocycles. The smallest absolute Gasteiger partial charge is 0.226 e. The number of carbonyl (C=O) groups is 2. The molecule has 1 aromatic rings. The Hall–Kier alpha value is -1.52. The average molecular weight is 280 g/mol. The molecular weight excluding hydrogens is 270 g/mol. The van der Waals surface area contributed by atoms with Crippen LogP contribution in [0.1, 0.15) is 10.7 Å².